The van der Waals surface area contributed by atoms with Crippen molar-refractivity contribution in [3.05, 3.63) is 175 Å². The molecule has 0 spiro atoms. The Hall–Kier alpha value is -7.16. The number of rotatable bonds is 6. The minimum absolute atomic E-state index is 0.548. The molecule has 0 saturated carbocycles. The first-order valence-corrected chi connectivity index (χ1v) is 16.8. The van der Waals surface area contributed by atoms with Crippen LogP contribution in [0.25, 0.3) is 89.5 Å². The van der Waals surface area contributed by atoms with Crippen molar-refractivity contribution >= 4 is 21.9 Å². The summed E-state index contributed by atoms with van der Waals surface area (Å²) >= 11 is 0. The van der Waals surface area contributed by atoms with E-state index in [4.69, 9.17) is 19.4 Å². The lowest BCUT2D eigenvalue weighted by Gasteiger charge is -2.10. The highest BCUT2D eigenvalue weighted by atomic mass is 16.3. The molecule has 5 nitrogen and oxygen atoms in total. The number of aromatic nitrogens is 3. The van der Waals surface area contributed by atoms with Gasteiger partial charge < -0.3 is 4.42 Å². The Morgan fingerprint density at radius 2 is 0.882 bits per heavy atom. The predicted molar refractivity (Wildman–Crippen MR) is 204 cm³/mol. The van der Waals surface area contributed by atoms with Gasteiger partial charge in [-0.05, 0) is 52.1 Å². The monoisotopic (exact) mass is 652 g/mol. The lowest BCUT2D eigenvalue weighted by atomic mass is 9.94. The second-order valence-corrected chi connectivity index (χ2v) is 12.3. The Balaban J connectivity index is 1.20. The number of hydrogen-bond donors (Lipinski definition) is 0. The summed E-state index contributed by atoms with van der Waals surface area (Å²) < 4.78 is 6.77. The third kappa shape index (κ3) is 5.51. The van der Waals surface area contributed by atoms with E-state index in [1.807, 2.05) is 97.1 Å². The molecule has 0 bridgehead atoms. The van der Waals surface area contributed by atoms with Gasteiger partial charge in [-0.3, -0.25) is 0 Å². The number of nitriles is 1. The van der Waals surface area contributed by atoms with Crippen molar-refractivity contribution in [2.24, 2.45) is 0 Å². The van der Waals surface area contributed by atoms with E-state index >= 15 is 0 Å². The summed E-state index contributed by atoms with van der Waals surface area (Å²) in [5.74, 6) is 1.69. The molecule has 7 aromatic carbocycles. The number of hydrogen-bond acceptors (Lipinski definition) is 5. The Kier molecular flexibility index (Phi) is 7.46. The van der Waals surface area contributed by atoms with E-state index in [-0.39, 0.29) is 0 Å². The molecule has 0 aliphatic heterocycles. The van der Waals surface area contributed by atoms with E-state index in [0.29, 0.717) is 23.0 Å². The van der Waals surface area contributed by atoms with Crippen LogP contribution >= 0.6 is 0 Å². The second kappa shape index (κ2) is 12.7. The van der Waals surface area contributed by atoms with Gasteiger partial charge in [0, 0.05) is 33.0 Å². The van der Waals surface area contributed by atoms with Crippen molar-refractivity contribution in [2.45, 2.75) is 0 Å². The van der Waals surface area contributed by atoms with E-state index in [0.717, 1.165) is 72.0 Å². The van der Waals surface area contributed by atoms with Crippen LogP contribution in [0.15, 0.2) is 174 Å². The minimum atomic E-state index is 0.548. The van der Waals surface area contributed by atoms with Gasteiger partial charge in [0.05, 0.1) is 11.6 Å². The highest BCUT2D eigenvalue weighted by molar-refractivity contribution is 6.16. The fourth-order valence-electron chi connectivity index (χ4n) is 6.70. The molecule has 0 radical (unpaired) electrons. The molecule has 0 atom stereocenters. The Morgan fingerprint density at radius 3 is 1.53 bits per heavy atom. The predicted octanol–water partition coefficient (Wildman–Crippen LogP) is 11.6. The lowest BCUT2D eigenvalue weighted by molar-refractivity contribution is 0.670. The summed E-state index contributed by atoms with van der Waals surface area (Å²) in [6, 6.07) is 59.2. The van der Waals surface area contributed by atoms with E-state index in [9.17, 15) is 5.26 Å². The number of fused-ring (bicyclic) bond motifs is 3. The van der Waals surface area contributed by atoms with Gasteiger partial charge in [-0.1, -0.05) is 146 Å². The molecule has 0 unspecified atom stereocenters. The van der Waals surface area contributed by atoms with Crippen LogP contribution in [0.1, 0.15) is 5.56 Å². The Bertz CT molecular complexity index is 2730. The molecule has 9 rings (SSSR count). The zero-order valence-corrected chi connectivity index (χ0v) is 27.4. The SMILES string of the molecule is N#Cc1ccccc1-c1ccc(-c2nc(-c3ccccc3)nc(-c3ccc4c(c3)oc3c(-c5ccccc5)ccc(-c5ccccc5)c34)n2)cc1. The molecule has 5 heteroatoms. The Morgan fingerprint density at radius 1 is 0.412 bits per heavy atom. The highest BCUT2D eigenvalue weighted by Crippen LogP contribution is 2.42. The lowest BCUT2D eigenvalue weighted by Crippen LogP contribution is -2.00. The van der Waals surface area contributed by atoms with Gasteiger partial charge in [-0.15, -0.1) is 0 Å². The second-order valence-electron chi connectivity index (χ2n) is 12.3. The van der Waals surface area contributed by atoms with Gasteiger partial charge in [0.25, 0.3) is 0 Å². The summed E-state index contributed by atoms with van der Waals surface area (Å²) in [5, 5.41) is 11.7. The van der Waals surface area contributed by atoms with Crippen LogP contribution in [-0.4, -0.2) is 15.0 Å². The topological polar surface area (TPSA) is 75.6 Å². The van der Waals surface area contributed by atoms with Crippen LogP contribution < -0.4 is 0 Å². The summed E-state index contributed by atoms with van der Waals surface area (Å²) in [5.41, 5.74) is 11.0. The molecule has 0 aliphatic carbocycles. The summed E-state index contributed by atoms with van der Waals surface area (Å²) in [6.45, 7) is 0. The third-order valence-corrected chi connectivity index (χ3v) is 9.22. The fourth-order valence-corrected chi connectivity index (χ4v) is 6.70. The molecule has 0 saturated heterocycles. The third-order valence-electron chi connectivity index (χ3n) is 9.22. The average Bonchev–Trinajstić information content (AvgIpc) is 3.60. The first-order chi connectivity index (χ1) is 25.2. The average molecular weight is 653 g/mol. The molecular weight excluding hydrogens is 625 g/mol. The van der Waals surface area contributed by atoms with E-state index in [1.165, 1.54) is 0 Å². The normalized spacial score (nSPS) is 11.1. The quantitative estimate of drug-likeness (QED) is 0.179. The molecule has 0 aliphatic rings. The maximum absolute atomic E-state index is 9.64. The van der Waals surface area contributed by atoms with Crippen molar-refractivity contribution in [1.29, 1.82) is 5.26 Å². The zero-order valence-electron chi connectivity index (χ0n) is 27.4. The standard InChI is InChI=1S/C46H28N4O/c47-29-36-18-10-11-19-37(36)32-20-22-34(23-21-32)45-48-44(33-16-8-3-9-17-33)49-46(50-45)35-24-25-40-41(28-35)51-43-39(31-14-6-2-7-15-31)27-26-38(42(40)43)30-12-4-1-5-13-30/h1-28H. The van der Waals surface area contributed by atoms with Gasteiger partial charge in [0.2, 0.25) is 0 Å². The highest BCUT2D eigenvalue weighted by Gasteiger charge is 2.19. The van der Waals surface area contributed by atoms with E-state index in [1.54, 1.807) is 0 Å². The van der Waals surface area contributed by atoms with E-state index < -0.39 is 0 Å². The van der Waals surface area contributed by atoms with Crippen molar-refractivity contribution in [3.8, 4) is 73.6 Å². The number of nitrogens with zero attached hydrogens (tertiary/aromatic N) is 4. The molecule has 51 heavy (non-hydrogen) atoms. The molecule has 9 aromatic rings. The summed E-state index contributed by atoms with van der Waals surface area (Å²) in [7, 11) is 0. The van der Waals surface area contributed by atoms with Crippen LogP contribution in [0.4, 0.5) is 0 Å². The van der Waals surface area contributed by atoms with Gasteiger partial charge in [-0.25, -0.2) is 15.0 Å². The molecule has 0 amide bonds. The molecule has 238 valence electrons. The molecular formula is C46H28N4O. The fraction of sp³-hybridized carbons (Fsp3) is 0. The first kappa shape index (κ1) is 29.9. The van der Waals surface area contributed by atoms with Crippen molar-refractivity contribution in [3.63, 3.8) is 0 Å². The Labute approximate surface area is 294 Å². The molecule has 0 N–H and O–H groups in total. The molecule has 0 fully saturated rings. The molecule has 2 heterocycles. The van der Waals surface area contributed by atoms with Crippen LogP contribution in [0, 0.1) is 11.3 Å². The van der Waals surface area contributed by atoms with Crippen LogP contribution in [0.3, 0.4) is 0 Å². The smallest absolute Gasteiger partial charge is 0.164 e. The van der Waals surface area contributed by atoms with Crippen molar-refractivity contribution in [1.82, 2.24) is 15.0 Å². The van der Waals surface area contributed by atoms with Gasteiger partial charge in [0.1, 0.15) is 11.2 Å². The van der Waals surface area contributed by atoms with Crippen molar-refractivity contribution in [2.75, 3.05) is 0 Å². The van der Waals surface area contributed by atoms with Crippen LogP contribution in [0.2, 0.25) is 0 Å². The maximum atomic E-state index is 9.64. The zero-order chi connectivity index (χ0) is 34.1. The minimum Gasteiger partial charge on any atom is -0.455 e. The van der Waals surface area contributed by atoms with E-state index in [2.05, 4.69) is 78.9 Å². The van der Waals surface area contributed by atoms with Gasteiger partial charge in [-0.2, -0.15) is 5.26 Å². The largest absolute Gasteiger partial charge is 0.455 e. The van der Waals surface area contributed by atoms with Crippen LogP contribution in [-0.2, 0) is 0 Å². The summed E-state index contributed by atoms with van der Waals surface area (Å²) in [4.78, 5) is 14.9. The molecule has 2 aromatic heterocycles. The van der Waals surface area contributed by atoms with Crippen molar-refractivity contribution < 1.29 is 4.42 Å². The number of furan rings is 1. The summed E-state index contributed by atoms with van der Waals surface area (Å²) in [6.07, 6.45) is 0. The maximum Gasteiger partial charge on any atom is 0.164 e. The van der Waals surface area contributed by atoms with Gasteiger partial charge in [0.15, 0.2) is 17.5 Å². The van der Waals surface area contributed by atoms with Crippen LogP contribution in [0.5, 0.6) is 0 Å². The first-order valence-electron chi connectivity index (χ1n) is 16.8. The van der Waals surface area contributed by atoms with Gasteiger partial charge >= 0.3 is 0 Å². The number of benzene rings is 7.